The Morgan fingerprint density at radius 3 is 2.73 bits per heavy atom. The Morgan fingerprint density at radius 2 is 2.20 bits per heavy atom. The van der Waals surface area contributed by atoms with Crippen molar-refractivity contribution in [1.29, 1.82) is 0 Å². The largest absolute Gasteiger partial charge is 0.390 e. The van der Waals surface area contributed by atoms with Gasteiger partial charge in [-0.25, -0.2) is 0 Å². The molecule has 2 heterocycles. The maximum absolute atomic E-state index is 11.5. The molecule has 0 spiro atoms. The molecule has 84 valence electrons. The van der Waals surface area contributed by atoms with E-state index in [1.165, 1.54) is 4.90 Å². The zero-order valence-corrected chi connectivity index (χ0v) is 10.1. The number of nitrogens with zero attached hydrogens (tertiary/aromatic N) is 2. The Kier molecular flexibility index (Phi) is 3.30. The van der Waals surface area contributed by atoms with Crippen molar-refractivity contribution in [1.82, 2.24) is 9.57 Å². The lowest BCUT2D eigenvalue weighted by Gasteiger charge is -2.37. The van der Waals surface area contributed by atoms with E-state index in [0.717, 1.165) is 18.3 Å². The lowest BCUT2D eigenvalue weighted by atomic mass is 10.0. The van der Waals surface area contributed by atoms with E-state index in [9.17, 15) is 14.7 Å². The molecular formula is C8H13N2O3PS. The molecule has 1 N–H and O–H groups in total. The summed E-state index contributed by atoms with van der Waals surface area (Å²) in [6.07, 6.45) is 0.00532. The molecule has 0 aliphatic carbocycles. The van der Waals surface area contributed by atoms with Gasteiger partial charge in [-0.05, 0) is 6.42 Å². The molecular weight excluding hydrogens is 235 g/mol. The number of thioether (sulfide) groups is 1. The Bertz CT molecular complexity index is 286. The predicted octanol–water partition coefficient (Wildman–Crippen LogP) is -0.0929. The summed E-state index contributed by atoms with van der Waals surface area (Å²) in [6, 6.07) is -0.336. The minimum absolute atomic E-state index is 0.175. The van der Waals surface area contributed by atoms with Crippen molar-refractivity contribution < 1.29 is 14.7 Å². The van der Waals surface area contributed by atoms with Gasteiger partial charge in [0, 0.05) is 13.1 Å². The first-order chi connectivity index (χ1) is 7.09. The second-order valence-electron chi connectivity index (χ2n) is 3.74. The molecule has 2 fully saturated rings. The van der Waals surface area contributed by atoms with E-state index in [4.69, 9.17) is 0 Å². The van der Waals surface area contributed by atoms with Crippen LogP contribution < -0.4 is 0 Å². The molecule has 5 nitrogen and oxygen atoms in total. The maximum Gasteiger partial charge on any atom is 0.289 e. The second-order valence-corrected chi connectivity index (χ2v) is 5.39. The van der Waals surface area contributed by atoms with Gasteiger partial charge in [-0.1, -0.05) is 21.2 Å². The third-order valence-corrected chi connectivity index (χ3v) is 4.00. The summed E-state index contributed by atoms with van der Waals surface area (Å²) < 4.78 is 1.92. The quantitative estimate of drug-likeness (QED) is 0.657. The van der Waals surface area contributed by atoms with Crippen LogP contribution in [0, 0.1) is 0 Å². The van der Waals surface area contributed by atoms with Crippen molar-refractivity contribution in [2.45, 2.75) is 18.6 Å². The van der Waals surface area contributed by atoms with Crippen LogP contribution in [0.2, 0.25) is 0 Å². The first-order valence-corrected chi connectivity index (χ1v) is 6.26. The van der Waals surface area contributed by atoms with Crippen LogP contribution in [0.1, 0.15) is 6.42 Å². The molecule has 0 aromatic carbocycles. The van der Waals surface area contributed by atoms with Crippen LogP contribution in [0.4, 0.5) is 4.79 Å². The smallest absolute Gasteiger partial charge is 0.289 e. The van der Waals surface area contributed by atoms with E-state index in [2.05, 4.69) is 9.39 Å². The molecule has 2 aliphatic rings. The highest BCUT2D eigenvalue weighted by Crippen LogP contribution is 2.27. The van der Waals surface area contributed by atoms with E-state index in [-0.39, 0.29) is 22.9 Å². The summed E-state index contributed by atoms with van der Waals surface area (Å²) in [4.78, 5) is 24.1. The summed E-state index contributed by atoms with van der Waals surface area (Å²) >= 11 is 1.02. The monoisotopic (exact) mass is 248 g/mol. The van der Waals surface area contributed by atoms with Gasteiger partial charge in [-0.2, -0.15) is 0 Å². The van der Waals surface area contributed by atoms with Crippen LogP contribution in [-0.4, -0.2) is 56.8 Å². The number of aliphatic hydroxyl groups is 1. The number of hydrogen-bond acceptors (Lipinski definition) is 5. The third kappa shape index (κ3) is 2.18. The molecule has 3 atom stereocenters. The molecule has 0 aromatic heterocycles. The van der Waals surface area contributed by atoms with Gasteiger partial charge in [-0.15, -0.1) is 0 Å². The summed E-state index contributed by atoms with van der Waals surface area (Å²) in [7, 11) is 2.52. The van der Waals surface area contributed by atoms with Gasteiger partial charge < -0.3 is 5.11 Å². The number of rotatable bonds is 1. The first-order valence-electron chi connectivity index (χ1n) is 4.76. The van der Waals surface area contributed by atoms with E-state index in [1.807, 2.05) is 4.67 Å². The fourth-order valence-electron chi connectivity index (χ4n) is 1.93. The number of carbonyl (C=O) groups excluding carboxylic acids is 2. The highest BCUT2D eigenvalue weighted by atomic mass is 32.2. The third-order valence-electron chi connectivity index (χ3n) is 2.69. The van der Waals surface area contributed by atoms with Crippen LogP contribution in [-0.2, 0) is 4.79 Å². The number of imide groups is 1. The minimum Gasteiger partial charge on any atom is -0.390 e. The normalized spacial score (nSPS) is 33.9. The van der Waals surface area contributed by atoms with Gasteiger partial charge in [0.25, 0.3) is 5.24 Å². The van der Waals surface area contributed by atoms with Crippen LogP contribution >= 0.6 is 21.2 Å². The van der Waals surface area contributed by atoms with Gasteiger partial charge >= 0.3 is 0 Å². The minimum atomic E-state index is -0.636. The average molecular weight is 248 g/mol. The lowest BCUT2D eigenvalue weighted by Crippen LogP contribution is -2.53. The van der Waals surface area contributed by atoms with E-state index in [1.54, 1.807) is 0 Å². The van der Waals surface area contributed by atoms with Crippen LogP contribution in [0.25, 0.3) is 0 Å². The zero-order valence-electron chi connectivity index (χ0n) is 8.13. The van der Waals surface area contributed by atoms with E-state index < -0.39 is 6.10 Å². The lowest BCUT2D eigenvalue weighted by molar-refractivity contribution is -0.129. The molecule has 2 amide bonds. The average Bonchev–Trinajstić information content (AvgIpc) is 2.48. The molecule has 15 heavy (non-hydrogen) atoms. The topological polar surface area (TPSA) is 60.9 Å². The van der Waals surface area contributed by atoms with Crippen molar-refractivity contribution in [3.05, 3.63) is 0 Å². The molecule has 3 unspecified atom stereocenters. The zero-order chi connectivity index (χ0) is 11.0. The summed E-state index contributed by atoms with van der Waals surface area (Å²) in [5.41, 5.74) is 0. The molecule has 0 saturated carbocycles. The van der Waals surface area contributed by atoms with Gasteiger partial charge in [0.2, 0.25) is 5.91 Å². The maximum atomic E-state index is 11.5. The Morgan fingerprint density at radius 1 is 1.47 bits per heavy atom. The molecule has 0 aromatic rings. The second kappa shape index (κ2) is 4.37. The predicted molar refractivity (Wildman–Crippen MR) is 60.4 cm³/mol. The fourth-order valence-corrected chi connectivity index (χ4v) is 3.06. The standard InChI is InChI=1S/C8H13N2O3PS/c11-6-3-9(14)2-1-5(6)10-7(12)4-15-8(10)13/h5-6,11H,1-4,14H2. The molecule has 2 rings (SSSR count). The van der Waals surface area contributed by atoms with Gasteiger partial charge in [0.15, 0.2) is 0 Å². The fraction of sp³-hybridized carbons (Fsp3) is 0.750. The molecule has 7 heteroatoms. The van der Waals surface area contributed by atoms with E-state index >= 15 is 0 Å². The van der Waals surface area contributed by atoms with Crippen molar-refractivity contribution in [2.24, 2.45) is 0 Å². The number of carbonyl (C=O) groups is 2. The van der Waals surface area contributed by atoms with E-state index in [0.29, 0.717) is 13.0 Å². The highest BCUT2D eigenvalue weighted by Gasteiger charge is 2.40. The first kappa shape index (κ1) is 11.3. The van der Waals surface area contributed by atoms with Gasteiger partial charge in [0.05, 0.1) is 17.9 Å². The summed E-state index contributed by atoms with van der Waals surface area (Å²) in [5, 5.41) is 9.60. The van der Waals surface area contributed by atoms with Gasteiger partial charge in [0.1, 0.15) is 0 Å². The number of β-amino-alcohol motifs (C(OH)–C–C–N with tert-alkyl or cyclic N) is 1. The van der Waals surface area contributed by atoms with Crippen LogP contribution in [0.15, 0.2) is 0 Å². The Hall–Kier alpha value is -0.160. The number of piperidine rings is 1. The molecule has 2 aliphatic heterocycles. The van der Waals surface area contributed by atoms with Crippen molar-refractivity contribution in [2.75, 3.05) is 18.8 Å². The Labute approximate surface area is 94.4 Å². The summed E-state index contributed by atoms with van der Waals surface area (Å²) in [6.45, 7) is 1.26. The van der Waals surface area contributed by atoms with Crippen LogP contribution in [0.3, 0.4) is 0 Å². The molecule has 2 saturated heterocycles. The van der Waals surface area contributed by atoms with Crippen LogP contribution in [0.5, 0.6) is 0 Å². The van der Waals surface area contributed by atoms with Crippen molar-refractivity contribution in [3.63, 3.8) is 0 Å². The van der Waals surface area contributed by atoms with Gasteiger partial charge in [-0.3, -0.25) is 19.2 Å². The van der Waals surface area contributed by atoms with Crippen molar-refractivity contribution >= 4 is 32.3 Å². The molecule has 0 radical (unpaired) electrons. The molecule has 0 bridgehead atoms. The number of aliphatic hydroxyl groups excluding tert-OH is 1. The SMILES string of the molecule is O=C1CSC(=O)N1C1CCN(P)CC1O. The highest BCUT2D eigenvalue weighted by molar-refractivity contribution is 8.14. The Balaban J connectivity index is 2.09. The number of hydrogen-bond donors (Lipinski definition) is 1. The van der Waals surface area contributed by atoms with Crippen molar-refractivity contribution in [3.8, 4) is 0 Å². The summed E-state index contributed by atoms with van der Waals surface area (Å²) in [5.74, 6) is 0.0402. The number of amides is 2.